The van der Waals surface area contributed by atoms with Crippen molar-refractivity contribution in [3.05, 3.63) is 48.2 Å². The Hall–Kier alpha value is -3.76. The third-order valence-corrected chi connectivity index (χ3v) is 6.37. The van der Waals surface area contributed by atoms with Gasteiger partial charge in [0.2, 0.25) is 0 Å². The van der Waals surface area contributed by atoms with Gasteiger partial charge in [0, 0.05) is 35.8 Å². The summed E-state index contributed by atoms with van der Waals surface area (Å²) in [4.78, 5) is 25.7. The van der Waals surface area contributed by atoms with Gasteiger partial charge in [-0.1, -0.05) is 12.1 Å². The van der Waals surface area contributed by atoms with Gasteiger partial charge in [0.15, 0.2) is 0 Å². The van der Waals surface area contributed by atoms with Gasteiger partial charge >= 0.3 is 18.2 Å². The molecule has 1 saturated heterocycles. The van der Waals surface area contributed by atoms with Gasteiger partial charge in [-0.05, 0) is 51.0 Å². The lowest BCUT2D eigenvalue weighted by atomic mass is 9.93. The molecule has 0 saturated carbocycles. The van der Waals surface area contributed by atoms with E-state index in [2.05, 4.69) is 10.4 Å². The molecule has 1 unspecified atom stereocenters. The number of hydrogen-bond acceptors (Lipinski definition) is 6. The summed E-state index contributed by atoms with van der Waals surface area (Å²) >= 11 is 0. The first-order valence-corrected chi connectivity index (χ1v) is 11.3. The Labute approximate surface area is 199 Å². The average molecular weight is 487 g/mol. The molecule has 0 radical (unpaired) electrons. The first-order valence-electron chi connectivity index (χ1n) is 11.3. The molecule has 35 heavy (non-hydrogen) atoms. The Morgan fingerprint density at radius 1 is 1.23 bits per heavy atom. The van der Waals surface area contributed by atoms with Crippen molar-refractivity contribution in [2.45, 2.75) is 44.5 Å². The number of carbonyl (C=O) groups excluding carboxylic acids is 2. The monoisotopic (exact) mass is 487 g/mol. The van der Waals surface area contributed by atoms with E-state index < -0.39 is 23.8 Å². The van der Waals surface area contributed by atoms with Crippen molar-refractivity contribution in [3.8, 4) is 0 Å². The van der Waals surface area contributed by atoms with Crippen molar-refractivity contribution in [2.24, 2.45) is 0 Å². The molecule has 2 N–H and O–H groups in total. The van der Waals surface area contributed by atoms with Crippen LogP contribution in [0, 0.1) is 0 Å². The van der Waals surface area contributed by atoms with E-state index in [1.807, 2.05) is 36.2 Å². The third-order valence-electron chi connectivity index (χ3n) is 6.37. The molecule has 2 aliphatic heterocycles. The predicted octanol–water partition coefficient (Wildman–Crippen LogP) is 4.85. The number of anilines is 3. The Morgan fingerprint density at radius 3 is 2.77 bits per heavy atom. The first-order chi connectivity index (χ1) is 16.5. The van der Waals surface area contributed by atoms with Gasteiger partial charge in [-0.3, -0.25) is 4.79 Å². The summed E-state index contributed by atoms with van der Waals surface area (Å²) in [5.74, 6) is -2.00. The van der Waals surface area contributed by atoms with Crippen LogP contribution in [-0.4, -0.2) is 47.1 Å². The van der Waals surface area contributed by atoms with Crippen LogP contribution in [0.2, 0.25) is 0 Å². The Morgan fingerprint density at radius 2 is 2.00 bits per heavy atom. The largest absolute Gasteiger partial charge is 0.471 e. The number of amides is 1. The second-order valence-corrected chi connectivity index (χ2v) is 9.29. The Balaban J connectivity index is 1.38. The Bertz CT molecular complexity index is 1320. The van der Waals surface area contributed by atoms with E-state index in [-0.39, 0.29) is 11.7 Å². The van der Waals surface area contributed by atoms with Crippen LogP contribution in [0.4, 0.5) is 35.0 Å². The van der Waals surface area contributed by atoms with E-state index in [1.165, 1.54) is 10.7 Å². The molecule has 184 valence electrons. The van der Waals surface area contributed by atoms with Crippen LogP contribution in [-0.2, 0) is 15.1 Å². The quantitative estimate of drug-likeness (QED) is 0.547. The zero-order chi connectivity index (χ0) is 25.0. The smallest absolute Gasteiger partial charge is 0.437 e. The number of piperidine rings is 1. The number of hydrogen-bond donors (Lipinski definition) is 2. The molecular formula is C24H24F3N5O3. The van der Waals surface area contributed by atoms with Gasteiger partial charge in [-0.25, -0.2) is 4.79 Å². The van der Waals surface area contributed by atoms with E-state index >= 15 is 0 Å². The number of ether oxygens (including phenoxy) is 1. The van der Waals surface area contributed by atoms with Crippen LogP contribution in [0.15, 0.2) is 42.6 Å². The minimum atomic E-state index is -4.96. The third kappa shape index (κ3) is 4.26. The highest BCUT2D eigenvalue weighted by Gasteiger charge is 2.39. The lowest BCUT2D eigenvalue weighted by Crippen LogP contribution is -2.42. The molecule has 1 amide bonds. The van der Waals surface area contributed by atoms with Crippen LogP contribution in [0.3, 0.4) is 0 Å². The van der Waals surface area contributed by atoms with E-state index in [9.17, 15) is 22.8 Å². The van der Waals surface area contributed by atoms with Gasteiger partial charge in [0.1, 0.15) is 5.60 Å². The van der Waals surface area contributed by atoms with Gasteiger partial charge < -0.3 is 20.3 Å². The van der Waals surface area contributed by atoms with Gasteiger partial charge in [0.05, 0.1) is 23.1 Å². The molecule has 8 nitrogen and oxygen atoms in total. The first kappa shape index (κ1) is 23.0. The zero-order valence-corrected chi connectivity index (χ0v) is 19.1. The number of para-hydroxylation sites is 2. The number of aromatic nitrogens is 2. The Kier molecular flexibility index (Phi) is 5.37. The van der Waals surface area contributed by atoms with Crippen LogP contribution in [0.1, 0.15) is 32.3 Å². The average Bonchev–Trinajstić information content (AvgIpc) is 3.22. The van der Waals surface area contributed by atoms with E-state index in [4.69, 9.17) is 4.74 Å². The fourth-order valence-corrected chi connectivity index (χ4v) is 4.76. The number of cyclic esters (lactones) is 1. The fraction of sp³-hybridized carbons (Fsp3) is 0.375. The fourth-order valence-electron chi connectivity index (χ4n) is 4.76. The molecule has 1 atom stereocenters. The maximum absolute atomic E-state index is 12.8. The number of nitrogens with one attached hydrogen (secondary N) is 2. The summed E-state index contributed by atoms with van der Waals surface area (Å²) in [6.07, 6.45) is -2.18. The highest BCUT2D eigenvalue weighted by molar-refractivity contribution is 5.98. The molecule has 3 aromatic rings. The highest BCUT2D eigenvalue weighted by atomic mass is 19.4. The predicted molar refractivity (Wildman–Crippen MR) is 125 cm³/mol. The second kappa shape index (κ2) is 8.17. The molecule has 0 aliphatic carbocycles. The maximum Gasteiger partial charge on any atom is 0.471 e. The summed E-state index contributed by atoms with van der Waals surface area (Å²) in [7, 11) is 0. The van der Waals surface area contributed by atoms with Crippen LogP contribution in [0.5, 0.6) is 0 Å². The molecule has 2 aromatic carbocycles. The van der Waals surface area contributed by atoms with Crippen molar-refractivity contribution >= 4 is 40.0 Å². The summed E-state index contributed by atoms with van der Waals surface area (Å²) in [6.45, 7) is 4.84. The van der Waals surface area contributed by atoms with Crippen LogP contribution < -0.4 is 15.5 Å². The second-order valence-electron chi connectivity index (χ2n) is 9.29. The van der Waals surface area contributed by atoms with Gasteiger partial charge in [-0.2, -0.15) is 23.0 Å². The number of nitrogens with zero attached hydrogens (tertiary/aromatic N) is 3. The number of carbonyl (C=O) groups is 2. The minimum absolute atomic E-state index is 0.00377. The van der Waals surface area contributed by atoms with E-state index in [1.54, 1.807) is 24.4 Å². The molecule has 11 heteroatoms. The maximum atomic E-state index is 12.8. The molecule has 5 rings (SSSR count). The zero-order valence-electron chi connectivity index (χ0n) is 19.1. The van der Waals surface area contributed by atoms with Crippen molar-refractivity contribution in [1.82, 2.24) is 9.78 Å². The van der Waals surface area contributed by atoms with Gasteiger partial charge in [0.25, 0.3) is 0 Å². The molecule has 2 aliphatic rings. The van der Waals surface area contributed by atoms with Gasteiger partial charge in [-0.15, -0.1) is 0 Å². The molecule has 3 heterocycles. The molecule has 1 aromatic heterocycles. The standard InChI is InChI=1S/C24H24F3N5O3/c1-23(2)17-11-16(10-14-12-28-32(20(14)17)22(34)35-23)29-15-6-5-9-31(13-15)19-8-4-3-7-18(19)30-21(33)24(25,26)27/h3-4,7-8,10-12,15,29H,5-6,9,13H2,1-2H3,(H,30,33). The van der Waals surface area contributed by atoms with Crippen LogP contribution >= 0.6 is 0 Å². The van der Waals surface area contributed by atoms with E-state index in [0.717, 1.165) is 35.0 Å². The minimum Gasteiger partial charge on any atom is -0.437 e. The number of rotatable bonds is 4. The number of benzene rings is 2. The highest BCUT2D eigenvalue weighted by Crippen LogP contribution is 2.38. The summed E-state index contributed by atoms with van der Waals surface area (Å²) in [5.41, 5.74) is 2.23. The summed E-state index contributed by atoms with van der Waals surface area (Å²) < 4.78 is 45.2. The van der Waals surface area contributed by atoms with Crippen molar-refractivity contribution < 1.29 is 27.5 Å². The lowest BCUT2D eigenvalue weighted by Gasteiger charge is -2.36. The van der Waals surface area contributed by atoms with E-state index in [0.29, 0.717) is 18.8 Å². The summed E-state index contributed by atoms with van der Waals surface area (Å²) in [5, 5.41) is 10.5. The number of halogens is 3. The topological polar surface area (TPSA) is 88.5 Å². The molecule has 1 fully saturated rings. The molecule has 0 spiro atoms. The van der Waals surface area contributed by atoms with Crippen LogP contribution in [0.25, 0.3) is 10.9 Å². The summed E-state index contributed by atoms with van der Waals surface area (Å²) in [6, 6.07) is 10.4. The van der Waals surface area contributed by atoms with Crippen molar-refractivity contribution in [2.75, 3.05) is 28.6 Å². The number of alkyl halides is 3. The SMILES string of the molecule is CC1(C)OC(=O)n2ncc3cc(NC4CCCN(c5ccccc5NC(=O)C(F)(F)F)C4)cc1c32. The van der Waals surface area contributed by atoms with Crippen molar-refractivity contribution in [1.29, 1.82) is 0 Å². The normalized spacial score (nSPS) is 19.4. The van der Waals surface area contributed by atoms with Crippen molar-refractivity contribution in [3.63, 3.8) is 0 Å². The molecular weight excluding hydrogens is 463 g/mol. The lowest BCUT2D eigenvalue weighted by molar-refractivity contribution is -0.167. The molecule has 0 bridgehead atoms.